The second-order valence-electron chi connectivity index (χ2n) is 5.14. The number of carbonyl (C=O) groups excluding carboxylic acids is 3. The zero-order valence-electron chi connectivity index (χ0n) is 12.6. The Labute approximate surface area is 138 Å². The lowest BCUT2D eigenvalue weighted by molar-refractivity contribution is -0.123. The van der Waals surface area contributed by atoms with E-state index in [9.17, 15) is 14.4 Å². The molecule has 6 nitrogen and oxygen atoms in total. The molecule has 4 amide bonds. The van der Waals surface area contributed by atoms with E-state index >= 15 is 0 Å². The van der Waals surface area contributed by atoms with Gasteiger partial charge in [0.25, 0.3) is 11.8 Å². The first-order valence-corrected chi connectivity index (χ1v) is 7.27. The van der Waals surface area contributed by atoms with Crippen molar-refractivity contribution in [2.45, 2.75) is 6.61 Å². The molecule has 1 aliphatic heterocycles. The standard InChI is InChI=1S/C18H14N2O4/c21-16-15(17(22)20-18(23)19-16)10-13-7-4-8-14(9-13)24-11-12-5-2-1-3-6-12/h1-10H,11H2,(H2,19,20,21,22,23). The molecule has 6 heteroatoms. The maximum absolute atomic E-state index is 11.7. The summed E-state index contributed by atoms with van der Waals surface area (Å²) in [6.07, 6.45) is 1.41. The van der Waals surface area contributed by atoms with E-state index in [4.69, 9.17) is 4.74 Å². The maximum Gasteiger partial charge on any atom is 0.328 e. The van der Waals surface area contributed by atoms with Crippen LogP contribution in [0.3, 0.4) is 0 Å². The van der Waals surface area contributed by atoms with Crippen LogP contribution in [0.5, 0.6) is 5.75 Å². The zero-order valence-corrected chi connectivity index (χ0v) is 12.6. The van der Waals surface area contributed by atoms with E-state index < -0.39 is 17.8 Å². The van der Waals surface area contributed by atoms with Crippen LogP contribution in [0.1, 0.15) is 11.1 Å². The highest BCUT2D eigenvalue weighted by molar-refractivity contribution is 6.31. The van der Waals surface area contributed by atoms with Crippen molar-refractivity contribution in [1.29, 1.82) is 0 Å². The Morgan fingerprint density at radius 3 is 2.29 bits per heavy atom. The minimum absolute atomic E-state index is 0.130. The highest BCUT2D eigenvalue weighted by Crippen LogP contribution is 2.18. The summed E-state index contributed by atoms with van der Waals surface area (Å²) in [4.78, 5) is 34.5. The van der Waals surface area contributed by atoms with Gasteiger partial charge in [0.2, 0.25) is 0 Å². The number of carbonyl (C=O) groups is 3. The van der Waals surface area contributed by atoms with Gasteiger partial charge in [-0.25, -0.2) is 4.79 Å². The number of benzene rings is 2. The average molecular weight is 322 g/mol. The summed E-state index contributed by atoms with van der Waals surface area (Å²) in [7, 11) is 0. The van der Waals surface area contributed by atoms with Gasteiger partial charge in [-0.1, -0.05) is 42.5 Å². The van der Waals surface area contributed by atoms with E-state index in [2.05, 4.69) is 0 Å². The molecule has 0 atom stereocenters. The third kappa shape index (κ3) is 3.67. The molecule has 2 aromatic carbocycles. The zero-order chi connectivity index (χ0) is 16.9. The van der Waals surface area contributed by atoms with Gasteiger partial charge in [-0.05, 0) is 29.3 Å². The first kappa shape index (κ1) is 15.5. The highest BCUT2D eigenvalue weighted by atomic mass is 16.5. The summed E-state index contributed by atoms with van der Waals surface area (Å²) in [5.74, 6) is -0.834. The van der Waals surface area contributed by atoms with Gasteiger partial charge in [0.05, 0.1) is 0 Å². The molecular formula is C18H14N2O4. The van der Waals surface area contributed by atoms with Gasteiger partial charge in [-0.15, -0.1) is 0 Å². The quantitative estimate of drug-likeness (QED) is 0.666. The molecule has 0 aromatic heterocycles. The normalized spacial score (nSPS) is 14.0. The van der Waals surface area contributed by atoms with Crippen molar-refractivity contribution >= 4 is 23.9 Å². The first-order valence-electron chi connectivity index (χ1n) is 7.27. The van der Waals surface area contributed by atoms with Gasteiger partial charge >= 0.3 is 6.03 Å². The monoisotopic (exact) mass is 322 g/mol. The van der Waals surface area contributed by atoms with Crippen molar-refractivity contribution < 1.29 is 19.1 Å². The number of amides is 4. The van der Waals surface area contributed by atoms with Gasteiger partial charge in [-0.2, -0.15) is 0 Å². The Morgan fingerprint density at radius 2 is 1.58 bits per heavy atom. The molecular weight excluding hydrogens is 308 g/mol. The summed E-state index contributed by atoms with van der Waals surface area (Å²) in [5.41, 5.74) is 1.52. The van der Waals surface area contributed by atoms with Crippen LogP contribution < -0.4 is 15.4 Å². The lowest BCUT2D eigenvalue weighted by Crippen LogP contribution is -2.51. The molecule has 3 rings (SSSR count). The summed E-state index contributed by atoms with van der Waals surface area (Å²) in [5, 5.41) is 4.06. The Kier molecular flexibility index (Phi) is 4.38. The molecule has 0 bridgehead atoms. The number of rotatable bonds is 4. The summed E-state index contributed by atoms with van der Waals surface area (Å²) >= 11 is 0. The Balaban J connectivity index is 1.75. The van der Waals surface area contributed by atoms with Crippen LogP contribution in [0.2, 0.25) is 0 Å². The van der Waals surface area contributed by atoms with Crippen LogP contribution in [0.15, 0.2) is 60.2 Å². The predicted molar refractivity (Wildman–Crippen MR) is 86.9 cm³/mol. The minimum Gasteiger partial charge on any atom is -0.489 e. The van der Waals surface area contributed by atoms with Crippen molar-refractivity contribution in [3.05, 3.63) is 71.3 Å². The second kappa shape index (κ2) is 6.78. The van der Waals surface area contributed by atoms with Crippen LogP contribution in [-0.4, -0.2) is 17.8 Å². The lowest BCUT2D eigenvalue weighted by Gasteiger charge is -2.14. The van der Waals surface area contributed by atoms with Crippen LogP contribution in [0.25, 0.3) is 6.08 Å². The molecule has 2 N–H and O–H groups in total. The third-order valence-electron chi connectivity index (χ3n) is 3.36. The Hall–Kier alpha value is -3.41. The molecule has 120 valence electrons. The number of barbiturate groups is 1. The largest absolute Gasteiger partial charge is 0.489 e. The molecule has 1 fully saturated rings. The fourth-order valence-electron chi connectivity index (χ4n) is 2.21. The van der Waals surface area contributed by atoms with E-state index in [0.29, 0.717) is 17.9 Å². The molecule has 1 heterocycles. The molecule has 1 saturated heterocycles. The predicted octanol–water partition coefficient (Wildman–Crippen LogP) is 2.01. The van der Waals surface area contributed by atoms with Gasteiger partial charge in [0.1, 0.15) is 17.9 Å². The van der Waals surface area contributed by atoms with Crippen LogP contribution in [0, 0.1) is 0 Å². The van der Waals surface area contributed by atoms with E-state index in [1.54, 1.807) is 24.3 Å². The number of ether oxygens (including phenoxy) is 1. The third-order valence-corrected chi connectivity index (χ3v) is 3.36. The first-order chi connectivity index (χ1) is 11.6. The molecule has 0 radical (unpaired) electrons. The van der Waals surface area contributed by atoms with Crippen molar-refractivity contribution in [1.82, 2.24) is 10.6 Å². The number of urea groups is 1. The van der Waals surface area contributed by atoms with Gasteiger partial charge in [-0.3, -0.25) is 20.2 Å². The Morgan fingerprint density at radius 1 is 0.875 bits per heavy atom. The van der Waals surface area contributed by atoms with Gasteiger partial charge in [0.15, 0.2) is 0 Å². The molecule has 2 aromatic rings. The highest BCUT2D eigenvalue weighted by Gasteiger charge is 2.27. The van der Waals surface area contributed by atoms with E-state index in [-0.39, 0.29) is 5.57 Å². The van der Waals surface area contributed by atoms with E-state index in [1.165, 1.54) is 6.08 Å². The summed E-state index contributed by atoms with van der Waals surface area (Å²) < 4.78 is 5.71. The van der Waals surface area contributed by atoms with Crippen molar-refractivity contribution in [3.8, 4) is 5.75 Å². The molecule has 0 saturated carbocycles. The van der Waals surface area contributed by atoms with Crippen LogP contribution >= 0.6 is 0 Å². The van der Waals surface area contributed by atoms with Crippen molar-refractivity contribution in [2.24, 2.45) is 0 Å². The minimum atomic E-state index is -0.818. The SMILES string of the molecule is O=C1NC(=O)C(=Cc2cccc(OCc3ccccc3)c2)C(=O)N1. The molecule has 24 heavy (non-hydrogen) atoms. The molecule has 0 spiro atoms. The van der Waals surface area contributed by atoms with Crippen molar-refractivity contribution in [2.75, 3.05) is 0 Å². The Bertz CT molecular complexity index is 806. The topological polar surface area (TPSA) is 84.5 Å². The van der Waals surface area contributed by atoms with E-state index in [0.717, 1.165) is 5.56 Å². The van der Waals surface area contributed by atoms with E-state index in [1.807, 2.05) is 41.0 Å². The molecule has 1 aliphatic rings. The van der Waals surface area contributed by atoms with Crippen LogP contribution in [0.4, 0.5) is 4.79 Å². The maximum atomic E-state index is 11.7. The van der Waals surface area contributed by atoms with Gasteiger partial charge in [0, 0.05) is 0 Å². The van der Waals surface area contributed by atoms with Crippen LogP contribution in [-0.2, 0) is 16.2 Å². The fraction of sp³-hybridized carbons (Fsp3) is 0.0556. The number of imide groups is 2. The summed E-state index contributed by atoms with van der Waals surface area (Å²) in [6, 6.07) is 15.9. The number of hydrogen-bond acceptors (Lipinski definition) is 4. The second-order valence-corrected chi connectivity index (χ2v) is 5.14. The lowest BCUT2D eigenvalue weighted by atomic mass is 10.1. The summed E-state index contributed by atoms with van der Waals surface area (Å²) in [6.45, 7) is 0.413. The average Bonchev–Trinajstić information content (AvgIpc) is 2.58. The van der Waals surface area contributed by atoms with Crippen molar-refractivity contribution in [3.63, 3.8) is 0 Å². The molecule has 0 aliphatic carbocycles. The molecule has 0 unspecified atom stereocenters. The smallest absolute Gasteiger partial charge is 0.328 e. The van der Waals surface area contributed by atoms with Gasteiger partial charge < -0.3 is 4.74 Å². The fourth-order valence-corrected chi connectivity index (χ4v) is 2.21. The number of nitrogens with one attached hydrogen (secondary N) is 2. The number of hydrogen-bond donors (Lipinski definition) is 2.